The van der Waals surface area contributed by atoms with Crippen LogP contribution in [0, 0.1) is 17.8 Å². The fraction of sp³-hybridized carbons (Fsp3) is 0.406. The predicted molar refractivity (Wildman–Crippen MR) is 152 cm³/mol. The van der Waals surface area contributed by atoms with E-state index in [9.17, 15) is 0 Å². The van der Waals surface area contributed by atoms with Gasteiger partial charge in [0.2, 0.25) is 0 Å². The van der Waals surface area contributed by atoms with Crippen LogP contribution in [0.4, 0.5) is 0 Å². The molecule has 2 atom stereocenters. The van der Waals surface area contributed by atoms with E-state index in [2.05, 4.69) is 124 Å². The van der Waals surface area contributed by atoms with Crippen LogP contribution in [0.2, 0.25) is 0 Å². The molecule has 3 rings (SSSR count). The summed E-state index contributed by atoms with van der Waals surface area (Å²) in [5.41, 5.74) is 0. The van der Waals surface area contributed by atoms with Crippen LogP contribution in [0.3, 0.4) is 0 Å². The molecule has 0 spiro atoms. The molecule has 2 unspecified atom stereocenters. The van der Waals surface area contributed by atoms with Crippen molar-refractivity contribution >= 4 is 28.6 Å². The Bertz CT molecular complexity index is 869. The van der Waals surface area contributed by atoms with Gasteiger partial charge in [0.15, 0.2) is 0 Å². The fourth-order valence-corrected chi connectivity index (χ4v) is 9.21. The Balaban J connectivity index is 1.88. The number of rotatable bonds is 12. The standard InChI is InChI=1S/C32H43P/c1-27(2)16-14-17-28(3)18-15-19-29(4)26-33(30-20-8-5-9-21-30,31-22-10-6-11-23-31)32-24-12-7-13-25-32/h5-13,20-29H,14-19H2,1-4H3. The third-order valence-electron chi connectivity index (χ3n) is 6.80. The van der Waals surface area contributed by atoms with Crippen LogP contribution in [-0.4, -0.2) is 5.80 Å². The summed E-state index contributed by atoms with van der Waals surface area (Å²) in [6, 6.07) is 33.7. The van der Waals surface area contributed by atoms with Crippen molar-refractivity contribution in [3.05, 3.63) is 91.0 Å². The molecule has 0 saturated heterocycles. The Morgan fingerprint density at radius 3 is 1.33 bits per heavy atom. The van der Waals surface area contributed by atoms with E-state index >= 15 is 0 Å². The molecule has 33 heavy (non-hydrogen) atoms. The Labute approximate surface area is 203 Å². The van der Waals surface area contributed by atoms with Crippen molar-refractivity contribution in [3.63, 3.8) is 0 Å². The molecule has 3 aromatic rings. The monoisotopic (exact) mass is 458 g/mol. The van der Waals surface area contributed by atoms with Gasteiger partial charge in [-0.3, -0.25) is 0 Å². The Hall–Kier alpha value is -2.04. The molecule has 0 aliphatic carbocycles. The smallest absolute Gasteiger partial charge is 0.0163 e. The molecule has 0 aliphatic heterocycles. The lowest BCUT2D eigenvalue weighted by molar-refractivity contribution is 0.417. The van der Waals surface area contributed by atoms with E-state index in [1.165, 1.54) is 54.4 Å². The molecule has 0 aliphatic rings. The maximum absolute atomic E-state index is 2.73. The molecule has 0 heterocycles. The summed E-state index contributed by atoms with van der Waals surface area (Å²) in [5, 5.41) is 4.36. The highest BCUT2D eigenvalue weighted by Gasteiger charge is 2.25. The minimum atomic E-state index is -1.83. The van der Waals surface area contributed by atoms with Crippen molar-refractivity contribution in [2.75, 3.05) is 0 Å². The predicted octanol–water partition coefficient (Wildman–Crippen LogP) is 8.05. The third-order valence-corrected chi connectivity index (χ3v) is 11.1. The molecule has 0 aromatic heterocycles. The minimum absolute atomic E-state index is 0.571. The summed E-state index contributed by atoms with van der Waals surface area (Å²) >= 11 is 0. The van der Waals surface area contributed by atoms with Gasteiger partial charge in [-0.2, -0.15) is 0 Å². The van der Waals surface area contributed by atoms with Crippen molar-refractivity contribution in [3.8, 4) is 0 Å². The second kappa shape index (κ2) is 13.0. The second-order valence-electron chi connectivity index (χ2n) is 10.2. The first-order valence-electron chi connectivity index (χ1n) is 12.9. The lowest BCUT2D eigenvalue weighted by Gasteiger charge is -2.30. The van der Waals surface area contributed by atoms with Gasteiger partial charge in [0.25, 0.3) is 0 Å². The first-order valence-corrected chi connectivity index (χ1v) is 14.8. The van der Waals surface area contributed by atoms with Crippen LogP contribution >= 0.6 is 6.89 Å². The Kier molecular flexibility index (Phi) is 10.1. The van der Waals surface area contributed by atoms with Crippen molar-refractivity contribution in [2.45, 2.75) is 66.2 Å². The second-order valence-corrected chi connectivity index (χ2v) is 13.5. The maximum atomic E-state index is 2.73. The normalized spacial score (nSPS) is 13.6. The van der Waals surface area contributed by atoms with Crippen molar-refractivity contribution < 1.29 is 0 Å². The minimum Gasteiger partial charge on any atom is -0.0714 e. The quantitative estimate of drug-likeness (QED) is 0.241. The molecule has 3 aromatic carbocycles. The van der Waals surface area contributed by atoms with Crippen LogP contribution in [0.25, 0.3) is 0 Å². The highest BCUT2D eigenvalue weighted by Crippen LogP contribution is 2.44. The highest BCUT2D eigenvalue weighted by molar-refractivity contribution is 7.94. The van der Waals surface area contributed by atoms with E-state index < -0.39 is 6.89 Å². The summed E-state index contributed by atoms with van der Waals surface area (Å²) in [6.45, 7) is 7.73. The largest absolute Gasteiger partial charge is 0.0714 e. The summed E-state index contributed by atoms with van der Waals surface area (Å²) in [6.07, 6.45) is 8.06. The molecule has 0 fully saturated rings. The van der Waals surface area contributed by atoms with E-state index in [0.29, 0.717) is 5.92 Å². The summed E-state index contributed by atoms with van der Waals surface area (Å²) < 4.78 is 0. The van der Waals surface area contributed by atoms with Gasteiger partial charge in [-0.15, -0.1) is 0 Å². The molecule has 0 N–H and O–H groups in total. The lowest BCUT2D eigenvalue weighted by atomic mass is 9.94. The van der Waals surface area contributed by atoms with Gasteiger partial charge in [0.05, 0.1) is 0 Å². The molecule has 0 saturated carbocycles. The zero-order chi connectivity index (χ0) is 23.5. The van der Waals surface area contributed by atoms with E-state index in [1.54, 1.807) is 0 Å². The van der Waals surface area contributed by atoms with Gasteiger partial charge in [0.1, 0.15) is 0 Å². The van der Waals surface area contributed by atoms with Crippen LogP contribution in [-0.2, 0) is 0 Å². The van der Waals surface area contributed by atoms with E-state index in [-0.39, 0.29) is 0 Å². The summed E-state index contributed by atoms with van der Waals surface area (Å²) in [4.78, 5) is 0. The van der Waals surface area contributed by atoms with Crippen LogP contribution in [0.15, 0.2) is 91.0 Å². The number of benzene rings is 3. The van der Waals surface area contributed by atoms with Crippen LogP contribution < -0.4 is 15.9 Å². The van der Waals surface area contributed by atoms with Gasteiger partial charge in [-0.25, -0.2) is 0 Å². The molecule has 176 valence electrons. The highest BCUT2D eigenvalue weighted by atomic mass is 31.2. The third kappa shape index (κ3) is 7.22. The summed E-state index contributed by atoms with van der Waals surface area (Å²) in [5.74, 6) is 4.98. The topological polar surface area (TPSA) is 0 Å². The molecule has 0 bridgehead atoms. The van der Waals surface area contributed by atoms with Crippen LogP contribution in [0.1, 0.15) is 66.2 Å². The van der Waals surface area contributed by atoms with E-state index in [4.69, 9.17) is 0 Å². The van der Waals surface area contributed by atoms with Gasteiger partial charge >= 0.3 is 0 Å². The molecule has 0 nitrogen and oxygen atoms in total. The lowest BCUT2D eigenvalue weighted by Crippen LogP contribution is -2.28. The zero-order valence-electron chi connectivity index (χ0n) is 21.2. The molecule has 0 amide bonds. The SMILES string of the molecule is CC(C)CCCC(C)CCCC(C)C=P(c1ccccc1)(c1ccccc1)c1ccccc1. The summed E-state index contributed by atoms with van der Waals surface area (Å²) in [7, 11) is 0. The van der Waals surface area contributed by atoms with Gasteiger partial charge in [0, 0.05) is 0 Å². The molecule has 1 heteroatoms. The van der Waals surface area contributed by atoms with E-state index in [0.717, 1.165) is 11.8 Å². The number of hydrogen-bond donors (Lipinski definition) is 0. The van der Waals surface area contributed by atoms with Crippen LogP contribution in [0.5, 0.6) is 0 Å². The Morgan fingerprint density at radius 1 is 0.545 bits per heavy atom. The maximum Gasteiger partial charge on any atom is -0.0163 e. The number of hydrogen-bond acceptors (Lipinski definition) is 0. The first kappa shape index (κ1) is 25.6. The van der Waals surface area contributed by atoms with Crippen molar-refractivity contribution in [1.82, 2.24) is 0 Å². The fourth-order valence-electron chi connectivity index (χ4n) is 4.96. The zero-order valence-corrected chi connectivity index (χ0v) is 22.1. The average molecular weight is 459 g/mol. The molecular weight excluding hydrogens is 415 g/mol. The van der Waals surface area contributed by atoms with Gasteiger partial charge in [-0.1, -0.05) is 157 Å². The van der Waals surface area contributed by atoms with Gasteiger partial charge in [-0.05, 0) is 47.0 Å². The first-order chi connectivity index (χ1) is 16.0. The van der Waals surface area contributed by atoms with E-state index in [1.807, 2.05) is 0 Å². The average Bonchev–Trinajstić information content (AvgIpc) is 2.84. The molecular formula is C32H43P. The van der Waals surface area contributed by atoms with Crippen molar-refractivity contribution in [1.29, 1.82) is 0 Å². The van der Waals surface area contributed by atoms with Crippen molar-refractivity contribution in [2.24, 2.45) is 17.8 Å². The molecule has 0 radical (unpaired) electrons. The van der Waals surface area contributed by atoms with Gasteiger partial charge < -0.3 is 0 Å². The Morgan fingerprint density at radius 2 is 0.939 bits per heavy atom.